The van der Waals surface area contributed by atoms with Gasteiger partial charge in [0.25, 0.3) is 0 Å². The zero-order valence-electron chi connectivity index (χ0n) is 10.3. The van der Waals surface area contributed by atoms with Gasteiger partial charge in [-0.25, -0.2) is 0 Å². The molecule has 0 bridgehead atoms. The van der Waals surface area contributed by atoms with Crippen molar-refractivity contribution >= 4 is 17.6 Å². The zero-order chi connectivity index (χ0) is 13.6. The van der Waals surface area contributed by atoms with Gasteiger partial charge in [0.2, 0.25) is 5.78 Å². The number of allylic oxidation sites excluding steroid dienone is 3. The van der Waals surface area contributed by atoms with Crippen LogP contribution in [0.3, 0.4) is 0 Å². The number of carbonyl (C=O) groups excluding carboxylic acids is 2. The largest absolute Gasteiger partial charge is 0.508 e. The van der Waals surface area contributed by atoms with Gasteiger partial charge in [-0.3, -0.25) is 9.59 Å². The predicted octanol–water partition coefficient (Wildman–Crippen LogP) is 1.80. The third-order valence-electron chi connectivity index (χ3n) is 3.59. The van der Waals surface area contributed by atoms with E-state index in [1.807, 2.05) is 0 Å². The van der Waals surface area contributed by atoms with Gasteiger partial charge in [0, 0.05) is 6.08 Å². The van der Waals surface area contributed by atoms with Crippen molar-refractivity contribution in [3.8, 4) is 5.75 Å². The average molecular weight is 256 g/mol. The predicted molar refractivity (Wildman–Crippen MR) is 68.5 cm³/mol. The molecule has 0 aromatic heterocycles. The number of benzene rings is 1. The molecule has 1 aromatic rings. The second-order valence-electron chi connectivity index (χ2n) is 4.66. The third kappa shape index (κ3) is 1.68. The van der Waals surface area contributed by atoms with Crippen molar-refractivity contribution in [3.63, 3.8) is 0 Å². The number of methoxy groups -OCH3 is 1. The minimum atomic E-state index is -0.510. The Kier molecular flexibility index (Phi) is 2.52. The Morgan fingerprint density at radius 2 is 2.05 bits per heavy atom. The lowest BCUT2D eigenvalue weighted by atomic mass is 9.72. The van der Waals surface area contributed by atoms with Gasteiger partial charge in [-0.2, -0.15) is 0 Å². The van der Waals surface area contributed by atoms with Crippen molar-refractivity contribution in [1.29, 1.82) is 0 Å². The molecule has 3 rings (SSSR count). The molecule has 0 radical (unpaired) electrons. The van der Waals surface area contributed by atoms with Crippen molar-refractivity contribution in [2.24, 2.45) is 5.92 Å². The lowest BCUT2D eigenvalue weighted by Crippen LogP contribution is -2.34. The Balaban J connectivity index is 2.14. The summed E-state index contributed by atoms with van der Waals surface area (Å²) in [6.07, 6.45) is 4.73. The van der Waals surface area contributed by atoms with Crippen molar-refractivity contribution in [2.45, 2.75) is 5.92 Å². The summed E-state index contributed by atoms with van der Waals surface area (Å²) in [6.45, 7) is 0. The first-order valence-corrected chi connectivity index (χ1v) is 5.96. The molecule has 4 heteroatoms. The Morgan fingerprint density at radius 3 is 2.79 bits per heavy atom. The molecule has 0 saturated heterocycles. The number of carbonyl (C=O) groups is 2. The van der Waals surface area contributed by atoms with Crippen molar-refractivity contribution in [1.82, 2.24) is 0 Å². The maximum atomic E-state index is 12.2. The smallest absolute Gasteiger partial charge is 0.205 e. The second kappa shape index (κ2) is 4.09. The quantitative estimate of drug-likeness (QED) is 0.832. The van der Waals surface area contributed by atoms with Gasteiger partial charge in [-0.1, -0.05) is 18.2 Å². The standard InChI is InChI=1S/C15H12O4/c1-19-13-7-12(17)14-10-5-3-9(16)6-8(10)2-4-11(14)15(13)18/h2-7,11,14,16H,1H3. The van der Waals surface area contributed by atoms with Crippen LogP contribution >= 0.6 is 0 Å². The summed E-state index contributed by atoms with van der Waals surface area (Å²) in [5, 5.41) is 9.46. The molecule has 0 saturated carbocycles. The van der Waals surface area contributed by atoms with E-state index in [2.05, 4.69) is 0 Å². The number of ether oxygens (including phenoxy) is 1. The fraction of sp³-hybridized carbons (Fsp3) is 0.200. The van der Waals surface area contributed by atoms with E-state index in [1.165, 1.54) is 19.3 Å². The summed E-state index contributed by atoms with van der Waals surface area (Å²) in [5.74, 6) is -1.08. The van der Waals surface area contributed by atoms with Gasteiger partial charge in [0.15, 0.2) is 11.5 Å². The molecule has 0 aliphatic heterocycles. The Morgan fingerprint density at radius 1 is 1.26 bits per heavy atom. The van der Waals surface area contributed by atoms with E-state index < -0.39 is 11.8 Å². The fourth-order valence-electron chi connectivity index (χ4n) is 2.68. The molecule has 0 heterocycles. The van der Waals surface area contributed by atoms with Crippen molar-refractivity contribution in [2.75, 3.05) is 7.11 Å². The van der Waals surface area contributed by atoms with Crippen LogP contribution in [0, 0.1) is 5.92 Å². The molecule has 2 unspecified atom stereocenters. The molecular formula is C15H12O4. The molecule has 1 aromatic carbocycles. The molecule has 2 atom stereocenters. The highest BCUT2D eigenvalue weighted by atomic mass is 16.5. The zero-order valence-corrected chi connectivity index (χ0v) is 10.3. The number of fused-ring (bicyclic) bond motifs is 3. The Bertz CT molecular complexity index is 640. The van der Waals surface area contributed by atoms with Gasteiger partial charge in [-0.15, -0.1) is 0 Å². The first kappa shape index (κ1) is 11.7. The highest BCUT2D eigenvalue weighted by Crippen LogP contribution is 2.40. The maximum Gasteiger partial charge on any atom is 0.205 e. The number of ketones is 2. The van der Waals surface area contributed by atoms with Crippen LogP contribution in [0.25, 0.3) is 6.08 Å². The van der Waals surface area contributed by atoms with Crippen LogP contribution in [-0.2, 0) is 14.3 Å². The molecular weight excluding hydrogens is 244 g/mol. The average Bonchev–Trinajstić information content (AvgIpc) is 2.41. The Hall–Kier alpha value is -2.36. The fourth-order valence-corrected chi connectivity index (χ4v) is 2.68. The minimum absolute atomic E-state index is 0.109. The number of hydrogen-bond donors (Lipinski definition) is 1. The van der Waals surface area contributed by atoms with Gasteiger partial charge in [0.1, 0.15) is 5.75 Å². The summed E-state index contributed by atoms with van der Waals surface area (Å²) < 4.78 is 4.95. The highest BCUT2D eigenvalue weighted by molar-refractivity contribution is 6.13. The summed E-state index contributed by atoms with van der Waals surface area (Å²) in [5.41, 5.74) is 1.55. The van der Waals surface area contributed by atoms with Crippen LogP contribution < -0.4 is 0 Å². The van der Waals surface area contributed by atoms with E-state index in [0.717, 1.165) is 11.1 Å². The van der Waals surface area contributed by atoms with E-state index in [-0.39, 0.29) is 23.1 Å². The van der Waals surface area contributed by atoms with Crippen LogP contribution in [0.1, 0.15) is 17.0 Å². The van der Waals surface area contributed by atoms with Crippen LogP contribution in [0.4, 0.5) is 0 Å². The van der Waals surface area contributed by atoms with Gasteiger partial charge in [0.05, 0.1) is 18.9 Å². The van der Waals surface area contributed by atoms with Gasteiger partial charge in [-0.05, 0) is 23.3 Å². The molecule has 0 amide bonds. The van der Waals surface area contributed by atoms with Crippen LogP contribution in [0.5, 0.6) is 5.75 Å². The minimum Gasteiger partial charge on any atom is -0.508 e. The first-order valence-electron chi connectivity index (χ1n) is 5.96. The van der Waals surface area contributed by atoms with Crippen molar-refractivity contribution in [3.05, 3.63) is 47.2 Å². The summed E-state index contributed by atoms with van der Waals surface area (Å²) >= 11 is 0. The number of phenolic OH excluding ortho intramolecular Hbond substituents is 1. The molecule has 96 valence electrons. The summed E-state index contributed by atoms with van der Waals surface area (Å²) in [7, 11) is 1.38. The van der Waals surface area contributed by atoms with Crippen LogP contribution in [0.2, 0.25) is 0 Å². The van der Waals surface area contributed by atoms with E-state index in [0.29, 0.717) is 0 Å². The second-order valence-corrected chi connectivity index (χ2v) is 4.66. The third-order valence-corrected chi connectivity index (χ3v) is 3.59. The summed E-state index contributed by atoms with van der Waals surface area (Å²) in [4.78, 5) is 24.4. The molecule has 2 aliphatic carbocycles. The SMILES string of the molecule is COC1=CC(=O)C2c3ccc(O)cc3C=CC2C1=O. The maximum absolute atomic E-state index is 12.2. The van der Waals surface area contributed by atoms with Crippen molar-refractivity contribution < 1.29 is 19.4 Å². The first-order chi connectivity index (χ1) is 9.11. The van der Waals surface area contributed by atoms with E-state index in [1.54, 1.807) is 24.3 Å². The Labute approximate surface area is 110 Å². The molecule has 0 spiro atoms. The number of aromatic hydroxyl groups is 1. The molecule has 0 fully saturated rings. The number of rotatable bonds is 1. The number of phenols is 1. The van der Waals surface area contributed by atoms with E-state index in [9.17, 15) is 14.7 Å². The molecule has 19 heavy (non-hydrogen) atoms. The summed E-state index contributed by atoms with van der Waals surface area (Å²) in [6, 6.07) is 4.82. The van der Waals surface area contributed by atoms with E-state index >= 15 is 0 Å². The number of hydrogen-bond acceptors (Lipinski definition) is 4. The lowest BCUT2D eigenvalue weighted by Gasteiger charge is -2.30. The van der Waals surface area contributed by atoms with E-state index in [4.69, 9.17) is 4.74 Å². The normalized spacial score (nSPS) is 24.6. The molecule has 1 N–H and O–H groups in total. The van der Waals surface area contributed by atoms with Crippen LogP contribution in [0.15, 0.2) is 36.1 Å². The van der Waals surface area contributed by atoms with Crippen LogP contribution in [-0.4, -0.2) is 23.8 Å². The van der Waals surface area contributed by atoms with Gasteiger partial charge < -0.3 is 9.84 Å². The molecule has 2 aliphatic rings. The van der Waals surface area contributed by atoms with Gasteiger partial charge >= 0.3 is 0 Å². The highest BCUT2D eigenvalue weighted by Gasteiger charge is 2.41. The monoisotopic (exact) mass is 256 g/mol. The lowest BCUT2D eigenvalue weighted by molar-refractivity contribution is -0.128. The topological polar surface area (TPSA) is 63.6 Å². The number of Topliss-reactive ketones (excluding diaryl/α,β-unsaturated/α-hetero) is 1. The molecule has 4 nitrogen and oxygen atoms in total.